The number of nitrogens with one attached hydrogen (secondary N) is 1. The van der Waals surface area contributed by atoms with Crippen LogP contribution in [0.4, 0.5) is 11.4 Å². The first-order chi connectivity index (χ1) is 13.4. The molecule has 1 N–H and O–H groups in total. The van der Waals surface area contributed by atoms with Crippen LogP contribution in [0.1, 0.15) is 37.7 Å². The number of aromatic nitrogens is 1. The Kier molecular flexibility index (Phi) is 5.54. The van der Waals surface area contributed by atoms with Gasteiger partial charge in [0.05, 0.1) is 0 Å². The minimum Gasteiger partial charge on any atom is -0.320 e. The van der Waals surface area contributed by atoms with Gasteiger partial charge in [-0.2, -0.15) is 0 Å². The summed E-state index contributed by atoms with van der Waals surface area (Å²) in [6, 6.07) is 18.2. The van der Waals surface area contributed by atoms with Crippen molar-refractivity contribution in [3.05, 3.63) is 88.7 Å². The van der Waals surface area contributed by atoms with E-state index < -0.39 is 0 Å². The van der Waals surface area contributed by atoms with Gasteiger partial charge in [0.25, 0.3) is 11.8 Å². The van der Waals surface area contributed by atoms with Gasteiger partial charge in [-0.05, 0) is 56.2 Å². The second kappa shape index (κ2) is 8.05. The number of pyridine rings is 1. The molecule has 3 aromatic rings. The van der Waals surface area contributed by atoms with Crippen LogP contribution >= 0.6 is 0 Å². The van der Waals surface area contributed by atoms with E-state index >= 15 is 0 Å². The van der Waals surface area contributed by atoms with Gasteiger partial charge >= 0.3 is 0 Å². The van der Waals surface area contributed by atoms with Crippen LogP contribution < -0.4 is 10.2 Å². The molecule has 0 aliphatic rings. The van der Waals surface area contributed by atoms with E-state index in [1.54, 1.807) is 25.2 Å². The fourth-order valence-corrected chi connectivity index (χ4v) is 3.18. The zero-order chi connectivity index (χ0) is 20.3. The Bertz CT molecular complexity index is 1010. The summed E-state index contributed by atoms with van der Waals surface area (Å²) in [4.78, 5) is 31.3. The second-order valence-electron chi connectivity index (χ2n) is 6.84. The smallest absolute Gasteiger partial charge is 0.276 e. The number of hydrogen-bond donors (Lipinski definition) is 1. The summed E-state index contributed by atoms with van der Waals surface area (Å²) in [6.07, 6.45) is 0. The van der Waals surface area contributed by atoms with Crippen molar-refractivity contribution in [2.45, 2.75) is 20.8 Å². The highest BCUT2D eigenvalue weighted by molar-refractivity contribution is 6.07. The summed E-state index contributed by atoms with van der Waals surface area (Å²) in [7, 11) is 1.69. The summed E-state index contributed by atoms with van der Waals surface area (Å²) in [6.45, 7) is 5.93. The topological polar surface area (TPSA) is 62.3 Å². The van der Waals surface area contributed by atoms with Gasteiger partial charge in [-0.25, -0.2) is 4.98 Å². The number of amides is 2. The fourth-order valence-electron chi connectivity index (χ4n) is 3.18. The summed E-state index contributed by atoms with van der Waals surface area (Å²) in [5.41, 5.74) is 5.07. The monoisotopic (exact) mass is 373 g/mol. The molecule has 0 spiro atoms. The van der Waals surface area contributed by atoms with Crippen molar-refractivity contribution < 1.29 is 9.59 Å². The van der Waals surface area contributed by atoms with Crippen LogP contribution in [-0.4, -0.2) is 23.8 Å². The molecule has 5 heteroatoms. The molecular weight excluding hydrogens is 350 g/mol. The van der Waals surface area contributed by atoms with E-state index in [9.17, 15) is 9.59 Å². The quantitative estimate of drug-likeness (QED) is 0.730. The Labute approximate surface area is 165 Å². The molecule has 28 heavy (non-hydrogen) atoms. The zero-order valence-corrected chi connectivity index (χ0v) is 16.5. The summed E-state index contributed by atoms with van der Waals surface area (Å²) in [5, 5.41) is 2.92. The number of carbonyl (C=O) groups excluding carboxylic acids is 2. The van der Waals surface area contributed by atoms with E-state index in [4.69, 9.17) is 0 Å². The lowest BCUT2D eigenvalue weighted by molar-refractivity contribution is 0.0988. The molecule has 0 saturated heterocycles. The average Bonchev–Trinajstić information content (AvgIpc) is 2.70. The maximum absolute atomic E-state index is 12.8. The van der Waals surface area contributed by atoms with E-state index in [2.05, 4.69) is 10.3 Å². The normalized spacial score (nSPS) is 10.4. The molecule has 0 aliphatic carbocycles. The Morgan fingerprint density at radius 3 is 2.11 bits per heavy atom. The first-order valence-corrected chi connectivity index (χ1v) is 9.06. The molecule has 1 aromatic heterocycles. The molecule has 0 aliphatic heterocycles. The third kappa shape index (κ3) is 4.09. The molecule has 142 valence electrons. The molecule has 0 fully saturated rings. The lowest BCUT2D eigenvalue weighted by Gasteiger charge is -2.17. The van der Waals surface area contributed by atoms with Crippen molar-refractivity contribution in [2.24, 2.45) is 0 Å². The van der Waals surface area contributed by atoms with Crippen LogP contribution in [0, 0.1) is 20.8 Å². The minimum atomic E-state index is -0.341. The standard InChI is InChI=1S/C23H23N3O2/c1-15-13-16(2)21(17(3)14-15)25-22(27)19-11-8-12-20(24-19)23(28)26(4)18-9-6-5-7-10-18/h5-14H,1-4H3,(H,25,27). The Balaban J connectivity index is 1.83. The first-order valence-electron chi connectivity index (χ1n) is 9.06. The average molecular weight is 373 g/mol. The van der Waals surface area contributed by atoms with E-state index in [0.717, 1.165) is 28.1 Å². The first kappa shape index (κ1) is 19.3. The largest absolute Gasteiger partial charge is 0.320 e. The summed E-state index contributed by atoms with van der Waals surface area (Å²) in [5.74, 6) is -0.615. The third-order valence-electron chi connectivity index (χ3n) is 4.56. The van der Waals surface area contributed by atoms with Gasteiger partial charge < -0.3 is 10.2 Å². The number of hydrogen-bond acceptors (Lipinski definition) is 3. The highest BCUT2D eigenvalue weighted by Gasteiger charge is 2.18. The Morgan fingerprint density at radius 2 is 1.46 bits per heavy atom. The maximum Gasteiger partial charge on any atom is 0.276 e. The molecule has 0 radical (unpaired) electrons. The van der Waals surface area contributed by atoms with E-state index in [0.29, 0.717) is 0 Å². The van der Waals surface area contributed by atoms with Gasteiger partial charge in [-0.3, -0.25) is 9.59 Å². The van der Waals surface area contributed by atoms with Crippen LogP contribution in [-0.2, 0) is 0 Å². The molecule has 2 amide bonds. The number of benzene rings is 2. The second-order valence-corrected chi connectivity index (χ2v) is 6.84. The van der Waals surface area contributed by atoms with Crippen LogP contribution in [0.2, 0.25) is 0 Å². The van der Waals surface area contributed by atoms with Crippen LogP contribution in [0.15, 0.2) is 60.7 Å². The van der Waals surface area contributed by atoms with Gasteiger partial charge in [-0.1, -0.05) is 42.0 Å². The molecule has 3 rings (SSSR count). The number of aryl methyl sites for hydroxylation is 3. The number of anilines is 2. The van der Waals surface area contributed by atoms with Crippen molar-refractivity contribution in [2.75, 3.05) is 17.3 Å². The van der Waals surface area contributed by atoms with E-state index in [-0.39, 0.29) is 23.2 Å². The lowest BCUT2D eigenvalue weighted by Crippen LogP contribution is -2.28. The van der Waals surface area contributed by atoms with Gasteiger partial charge in [0, 0.05) is 18.4 Å². The van der Waals surface area contributed by atoms with Gasteiger partial charge in [0.15, 0.2) is 0 Å². The van der Waals surface area contributed by atoms with Gasteiger partial charge in [0.1, 0.15) is 11.4 Å². The van der Waals surface area contributed by atoms with E-state index in [1.807, 2.05) is 63.2 Å². The number of rotatable bonds is 4. The maximum atomic E-state index is 12.8. The minimum absolute atomic E-state index is 0.201. The molecule has 0 unspecified atom stereocenters. The van der Waals surface area contributed by atoms with Crippen molar-refractivity contribution in [3.63, 3.8) is 0 Å². The molecule has 0 saturated carbocycles. The summed E-state index contributed by atoms with van der Waals surface area (Å²) < 4.78 is 0. The van der Waals surface area contributed by atoms with Crippen LogP contribution in [0.3, 0.4) is 0 Å². The number of nitrogens with zero attached hydrogens (tertiary/aromatic N) is 2. The Morgan fingerprint density at radius 1 is 0.857 bits per heavy atom. The predicted octanol–water partition coefficient (Wildman–Crippen LogP) is 4.54. The Hall–Kier alpha value is -3.47. The van der Waals surface area contributed by atoms with Crippen molar-refractivity contribution in [1.29, 1.82) is 0 Å². The van der Waals surface area contributed by atoms with Gasteiger partial charge in [-0.15, -0.1) is 0 Å². The molecule has 0 bridgehead atoms. The molecular formula is C23H23N3O2. The van der Waals surface area contributed by atoms with Crippen molar-refractivity contribution >= 4 is 23.2 Å². The molecule has 5 nitrogen and oxygen atoms in total. The van der Waals surface area contributed by atoms with Gasteiger partial charge in [0.2, 0.25) is 0 Å². The lowest BCUT2D eigenvalue weighted by atomic mass is 10.0. The fraction of sp³-hybridized carbons (Fsp3) is 0.174. The molecule has 2 aromatic carbocycles. The predicted molar refractivity (Wildman–Crippen MR) is 112 cm³/mol. The molecule has 1 heterocycles. The molecule has 0 atom stereocenters. The SMILES string of the molecule is Cc1cc(C)c(NC(=O)c2cccc(C(=O)N(C)c3ccccc3)n2)c(C)c1. The van der Waals surface area contributed by atoms with E-state index in [1.165, 1.54) is 4.90 Å². The van der Waals surface area contributed by atoms with Crippen molar-refractivity contribution in [3.8, 4) is 0 Å². The van der Waals surface area contributed by atoms with Crippen LogP contribution in [0.5, 0.6) is 0 Å². The third-order valence-corrected chi connectivity index (χ3v) is 4.56. The van der Waals surface area contributed by atoms with Crippen LogP contribution in [0.25, 0.3) is 0 Å². The van der Waals surface area contributed by atoms with Crippen molar-refractivity contribution in [1.82, 2.24) is 4.98 Å². The highest BCUT2D eigenvalue weighted by atomic mass is 16.2. The summed E-state index contributed by atoms with van der Waals surface area (Å²) >= 11 is 0. The zero-order valence-electron chi connectivity index (χ0n) is 16.5. The number of para-hydroxylation sites is 1. The highest BCUT2D eigenvalue weighted by Crippen LogP contribution is 2.22. The number of carbonyl (C=O) groups is 2.